The molecule has 0 saturated carbocycles. The lowest BCUT2D eigenvalue weighted by atomic mass is 10.3. The summed E-state index contributed by atoms with van der Waals surface area (Å²) in [6.07, 6.45) is 0. The molecule has 0 saturated heterocycles. The first-order valence-corrected chi connectivity index (χ1v) is 6.93. The minimum atomic E-state index is -3.58. The zero-order valence-electron chi connectivity index (χ0n) is 10.3. The van der Waals surface area contributed by atoms with Crippen LogP contribution in [0.25, 0.3) is 0 Å². The topological polar surface area (TPSA) is 129 Å². The van der Waals surface area contributed by atoms with E-state index in [2.05, 4.69) is 0 Å². The fourth-order valence-electron chi connectivity index (χ4n) is 1.21. The number of nitro benzene ring substituents is 1. The highest BCUT2D eigenvalue weighted by Gasteiger charge is 2.05. The van der Waals surface area contributed by atoms with Crippen LogP contribution in [0.4, 0.5) is 11.4 Å². The molecule has 0 aliphatic heterocycles. The van der Waals surface area contributed by atoms with E-state index < -0.39 is 14.9 Å². The van der Waals surface area contributed by atoms with Crippen LogP contribution in [0, 0.1) is 10.1 Å². The summed E-state index contributed by atoms with van der Waals surface area (Å²) in [6, 6.07) is 13.6. The summed E-state index contributed by atoms with van der Waals surface area (Å²) in [5.74, 6) is 0. The van der Waals surface area contributed by atoms with Crippen molar-refractivity contribution >= 4 is 21.4 Å². The summed E-state index contributed by atoms with van der Waals surface area (Å²) < 4.78 is 21.4. The van der Waals surface area contributed by atoms with Gasteiger partial charge in [0.1, 0.15) is 0 Å². The normalized spacial score (nSPS) is 10.2. The molecule has 0 fully saturated rings. The van der Waals surface area contributed by atoms with Crippen molar-refractivity contribution in [1.82, 2.24) is 0 Å². The van der Waals surface area contributed by atoms with Gasteiger partial charge in [-0.2, -0.15) is 0 Å². The second-order valence-corrected chi connectivity index (χ2v) is 5.27. The number of rotatable bonds is 2. The predicted molar refractivity (Wildman–Crippen MR) is 75.3 cm³/mol. The van der Waals surface area contributed by atoms with Crippen molar-refractivity contribution in [3.05, 3.63) is 64.7 Å². The van der Waals surface area contributed by atoms with Gasteiger partial charge in [-0.25, -0.2) is 13.6 Å². The van der Waals surface area contributed by atoms with Crippen LogP contribution >= 0.6 is 0 Å². The lowest BCUT2D eigenvalue weighted by Gasteiger charge is -1.96. The molecule has 0 bridgehead atoms. The van der Waals surface area contributed by atoms with Crippen LogP contribution < -0.4 is 10.9 Å². The van der Waals surface area contributed by atoms with E-state index in [1.807, 2.05) is 0 Å². The summed E-state index contributed by atoms with van der Waals surface area (Å²) in [6.45, 7) is 0. The molecule has 2 aromatic rings. The zero-order valence-corrected chi connectivity index (χ0v) is 11.2. The van der Waals surface area contributed by atoms with Crippen molar-refractivity contribution in [2.24, 2.45) is 5.14 Å². The third-order valence-electron chi connectivity index (χ3n) is 2.18. The van der Waals surface area contributed by atoms with Gasteiger partial charge in [-0.1, -0.05) is 18.2 Å². The lowest BCUT2D eigenvalue weighted by Crippen LogP contribution is -2.11. The first kappa shape index (κ1) is 15.6. The van der Waals surface area contributed by atoms with E-state index in [0.29, 0.717) is 5.69 Å². The molecule has 8 heteroatoms. The number of hydrogen-bond donors (Lipinski definition) is 2. The van der Waals surface area contributed by atoms with Gasteiger partial charge in [-0.15, -0.1) is 0 Å². The Bertz CT molecular complexity index is 670. The number of non-ortho nitro benzene ring substituents is 1. The van der Waals surface area contributed by atoms with Crippen LogP contribution in [0.2, 0.25) is 0 Å². The van der Waals surface area contributed by atoms with Crippen LogP contribution in [0.1, 0.15) is 0 Å². The van der Waals surface area contributed by atoms with Crippen LogP contribution in [-0.4, -0.2) is 13.3 Å². The standard InChI is InChI=1S/C6H8N2O2S.C6H5NO2/c7-5-1-3-6(4-2-5)11(8,9)10;8-7(9)6-4-2-1-3-5-6/h1-4H,7H2,(H2,8,9,10);1-5H. The minimum absolute atomic E-state index is 0.0756. The van der Waals surface area contributed by atoms with E-state index in [1.165, 1.54) is 36.4 Å². The Balaban J connectivity index is 0.000000204. The quantitative estimate of drug-likeness (QED) is 0.492. The number of nitrogen functional groups attached to an aromatic ring is 1. The molecule has 0 radical (unpaired) electrons. The number of benzene rings is 2. The van der Waals surface area contributed by atoms with Crippen molar-refractivity contribution in [3.63, 3.8) is 0 Å². The summed E-state index contributed by atoms with van der Waals surface area (Å²) in [7, 11) is -3.58. The number of primary sulfonamides is 1. The van der Waals surface area contributed by atoms with Crippen LogP contribution in [0.15, 0.2) is 59.5 Å². The molecule has 106 valence electrons. The average molecular weight is 295 g/mol. The van der Waals surface area contributed by atoms with Gasteiger partial charge in [0.15, 0.2) is 0 Å². The van der Waals surface area contributed by atoms with Gasteiger partial charge in [0.05, 0.1) is 9.82 Å². The summed E-state index contributed by atoms with van der Waals surface area (Å²) in [5.41, 5.74) is 5.98. The zero-order chi connectivity index (χ0) is 15.2. The Hall–Kier alpha value is -2.45. The predicted octanol–water partition coefficient (Wildman–Crippen LogP) is 1.51. The highest BCUT2D eigenvalue weighted by atomic mass is 32.2. The van der Waals surface area contributed by atoms with Crippen molar-refractivity contribution in [2.45, 2.75) is 4.90 Å². The van der Waals surface area contributed by atoms with E-state index in [1.54, 1.807) is 18.2 Å². The van der Waals surface area contributed by atoms with Gasteiger partial charge in [0.25, 0.3) is 5.69 Å². The summed E-state index contributed by atoms with van der Waals surface area (Å²) >= 11 is 0. The Labute approximate surface area is 116 Å². The monoisotopic (exact) mass is 295 g/mol. The van der Waals surface area contributed by atoms with Crippen molar-refractivity contribution in [3.8, 4) is 0 Å². The Kier molecular flexibility index (Phi) is 5.18. The number of nitrogens with zero attached hydrogens (tertiary/aromatic N) is 1. The smallest absolute Gasteiger partial charge is 0.269 e. The van der Waals surface area contributed by atoms with Gasteiger partial charge < -0.3 is 5.73 Å². The van der Waals surface area contributed by atoms with E-state index in [-0.39, 0.29) is 10.6 Å². The maximum absolute atomic E-state index is 10.7. The van der Waals surface area contributed by atoms with Gasteiger partial charge in [-0.3, -0.25) is 10.1 Å². The first-order chi connectivity index (χ1) is 9.30. The maximum Gasteiger partial charge on any atom is 0.269 e. The molecule has 20 heavy (non-hydrogen) atoms. The van der Waals surface area contributed by atoms with Crippen LogP contribution in [0.3, 0.4) is 0 Å². The Morgan fingerprint density at radius 2 is 1.45 bits per heavy atom. The molecular formula is C12H13N3O4S. The molecule has 0 heterocycles. The Morgan fingerprint density at radius 3 is 1.80 bits per heavy atom. The van der Waals surface area contributed by atoms with Crippen LogP contribution in [-0.2, 0) is 10.0 Å². The molecule has 0 amide bonds. The number of sulfonamides is 1. The van der Waals surface area contributed by atoms with Gasteiger partial charge in [0, 0.05) is 17.8 Å². The highest BCUT2D eigenvalue weighted by Crippen LogP contribution is 2.09. The summed E-state index contributed by atoms with van der Waals surface area (Å²) in [4.78, 5) is 9.67. The van der Waals surface area contributed by atoms with Crippen molar-refractivity contribution in [1.29, 1.82) is 0 Å². The molecule has 2 rings (SSSR count). The Morgan fingerprint density at radius 1 is 0.950 bits per heavy atom. The van der Waals surface area contributed by atoms with Crippen molar-refractivity contribution < 1.29 is 13.3 Å². The largest absolute Gasteiger partial charge is 0.399 e. The van der Waals surface area contributed by atoms with Gasteiger partial charge in [-0.05, 0) is 24.3 Å². The average Bonchev–Trinajstić information content (AvgIpc) is 2.40. The molecule has 2 aromatic carbocycles. The first-order valence-electron chi connectivity index (χ1n) is 5.38. The third-order valence-corrected chi connectivity index (χ3v) is 3.10. The molecule has 0 atom stereocenters. The number of para-hydroxylation sites is 1. The molecule has 4 N–H and O–H groups in total. The van der Waals surface area contributed by atoms with E-state index >= 15 is 0 Å². The van der Waals surface area contributed by atoms with Gasteiger partial charge in [0.2, 0.25) is 10.0 Å². The molecule has 0 aromatic heterocycles. The second kappa shape index (κ2) is 6.64. The SMILES string of the molecule is Nc1ccc(S(N)(=O)=O)cc1.O=[N+]([O-])c1ccccc1. The molecule has 7 nitrogen and oxygen atoms in total. The molecule has 0 spiro atoms. The molecule has 0 aliphatic carbocycles. The fourth-order valence-corrected chi connectivity index (χ4v) is 1.72. The number of nitro groups is 1. The number of anilines is 1. The van der Waals surface area contributed by atoms with Gasteiger partial charge >= 0.3 is 0 Å². The number of nitrogens with two attached hydrogens (primary N) is 2. The maximum atomic E-state index is 10.7. The van der Waals surface area contributed by atoms with E-state index in [4.69, 9.17) is 10.9 Å². The molecular weight excluding hydrogens is 282 g/mol. The van der Waals surface area contributed by atoms with E-state index in [9.17, 15) is 18.5 Å². The summed E-state index contributed by atoms with van der Waals surface area (Å²) in [5, 5.41) is 14.8. The fraction of sp³-hybridized carbons (Fsp3) is 0. The second-order valence-electron chi connectivity index (χ2n) is 3.71. The molecule has 0 unspecified atom stereocenters. The number of hydrogen-bond acceptors (Lipinski definition) is 5. The van der Waals surface area contributed by atoms with E-state index in [0.717, 1.165) is 0 Å². The van der Waals surface area contributed by atoms with Crippen LogP contribution in [0.5, 0.6) is 0 Å². The molecule has 0 aliphatic rings. The lowest BCUT2D eigenvalue weighted by molar-refractivity contribution is -0.384. The highest BCUT2D eigenvalue weighted by molar-refractivity contribution is 7.89. The van der Waals surface area contributed by atoms with Crippen molar-refractivity contribution in [2.75, 3.05) is 5.73 Å². The third kappa shape index (κ3) is 5.04. The minimum Gasteiger partial charge on any atom is -0.399 e.